The van der Waals surface area contributed by atoms with Crippen molar-refractivity contribution in [2.45, 2.75) is 46.0 Å². The van der Waals surface area contributed by atoms with Gasteiger partial charge in [0.2, 0.25) is 0 Å². The van der Waals surface area contributed by atoms with E-state index in [1.54, 1.807) is 0 Å². The van der Waals surface area contributed by atoms with Gasteiger partial charge >= 0.3 is 11.9 Å². The molecular weight excluding hydrogens is 196 g/mol. The van der Waals surface area contributed by atoms with Crippen LogP contribution in [-0.2, 0) is 9.59 Å². The zero-order valence-electron chi connectivity index (χ0n) is 9.40. The van der Waals surface area contributed by atoms with Crippen LogP contribution in [0.25, 0.3) is 0 Å². The molecule has 0 aliphatic rings. The zero-order chi connectivity index (χ0) is 11.8. The first-order chi connectivity index (χ1) is 6.97. The molecule has 0 amide bonds. The van der Waals surface area contributed by atoms with E-state index >= 15 is 0 Å². The van der Waals surface area contributed by atoms with Crippen LogP contribution in [0, 0.1) is 11.8 Å². The summed E-state index contributed by atoms with van der Waals surface area (Å²) in [6, 6.07) is 0. The zero-order valence-corrected chi connectivity index (χ0v) is 9.40. The summed E-state index contributed by atoms with van der Waals surface area (Å²) in [5.41, 5.74) is 0. The van der Waals surface area contributed by atoms with E-state index in [4.69, 9.17) is 10.2 Å². The van der Waals surface area contributed by atoms with Crippen LogP contribution in [0.15, 0.2) is 0 Å². The van der Waals surface area contributed by atoms with Gasteiger partial charge in [-0.1, -0.05) is 26.7 Å². The third kappa shape index (κ3) is 6.94. The molecule has 0 saturated carbocycles. The van der Waals surface area contributed by atoms with Gasteiger partial charge in [-0.2, -0.15) is 0 Å². The first kappa shape index (κ1) is 13.9. The van der Waals surface area contributed by atoms with E-state index in [9.17, 15) is 9.59 Å². The molecule has 0 heterocycles. The molecule has 0 rings (SSSR count). The summed E-state index contributed by atoms with van der Waals surface area (Å²) in [5, 5.41) is 17.3. The van der Waals surface area contributed by atoms with Gasteiger partial charge in [0.1, 0.15) is 0 Å². The van der Waals surface area contributed by atoms with Crippen molar-refractivity contribution in [3.63, 3.8) is 0 Å². The maximum Gasteiger partial charge on any atom is 0.303 e. The average molecular weight is 216 g/mol. The van der Waals surface area contributed by atoms with E-state index in [-0.39, 0.29) is 24.7 Å². The highest BCUT2D eigenvalue weighted by molar-refractivity contribution is 5.68. The maximum absolute atomic E-state index is 10.6. The first-order valence-corrected chi connectivity index (χ1v) is 5.41. The number of hydrogen-bond acceptors (Lipinski definition) is 2. The second kappa shape index (κ2) is 7.26. The molecule has 15 heavy (non-hydrogen) atoms. The molecule has 4 heteroatoms. The van der Waals surface area contributed by atoms with Gasteiger partial charge in [-0.25, -0.2) is 0 Å². The molecule has 0 aliphatic carbocycles. The minimum absolute atomic E-state index is 0.0152. The van der Waals surface area contributed by atoms with E-state index in [0.717, 1.165) is 12.8 Å². The van der Waals surface area contributed by atoms with Crippen LogP contribution in [-0.4, -0.2) is 22.2 Å². The number of carboxylic acid groups (broad SMARTS) is 2. The van der Waals surface area contributed by atoms with Crippen molar-refractivity contribution in [1.29, 1.82) is 0 Å². The molecule has 0 radical (unpaired) electrons. The van der Waals surface area contributed by atoms with Crippen LogP contribution in [0.1, 0.15) is 46.0 Å². The molecular formula is C11H20O4. The molecule has 0 fully saturated rings. The van der Waals surface area contributed by atoms with E-state index in [2.05, 4.69) is 0 Å². The summed E-state index contributed by atoms with van der Waals surface area (Å²) in [4.78, 5) is 21.0. The second-order valence-corrected chi connectivity index (χ2v) is 4.06. The molecule has 0 aromatic rings. The van der Waals surface area contributed by atoms with Crippen molar-refractivity contribution in [3.8, 4) is 0 Å². The molecule has 4 nitrogen and oxygen atoms in total. The lowest BCUT2D eigenvalue weighted by atomic mass is 9.84. The molecule has 0 spiro atoms. The summed E-state index contributed by atoms with van der Waals surface area (Å²) >= 11 is 0. The Labute approximate surface area is 90.3 Å². The average Bonchev–Trinajstić information content (AvgIpc) is 2.11. The lowest BCUT2D eigenvalue weighted by molar-refractivity contribution is -0.140. The molecule has 2 N–H and O–H groups in total. The van der Waals surface area contributed by atoms with Gasteiger partial charge in [-0.3, -0.25) is 9.59 Å². The Morgan fingerprint density at radius 1 is 1.13 bits per heavy atom. The lowest BCUT2D eigenvalue weighted by Crippen LogP contribution is -2.17. The summed E-state index contributed by atoms with van der Waals surface area (Å²) < 4.78 is 0. The predicted octanol–water partition coefficient (Wildman–Crippen LogP) is 2.38. The van der Waals surface area contributed by atoms with Gasteiger partial charge in [0.15, 0.2) is 0 Å². The SMILES string of the molecule is CCCC(C)C(CCC(=O)O)CC(=O)O. The van der Waals surface area contributed by atoms with Crippen molar-refractivity contribution in [2.75, 3.05) is 0 Å². The highest BCUT2D eigenvalue weighted by atomic mass is 16.4. The Bertz CT molecular complexity index is 213. The highest BCUT2D eigenvalue weighted by Gasteiger charge is 2.20. The summed E-state index contributed by atoms with van der Waals surface area (Å²) in [5.74, 6) is -1.42. The van der Waals surface area contributed by atoms with Crippen molar-refractivity contribution >= 4 is 11.9 Å². The smallest absolute Gasteiger partial charge is 0.303 e. The largest absolute Gasteiger partial charge is 0.481 e. The third-order valence-electron chi connectivity index (χ3n) is 2.71. The molecule has 0 aromatic heterocycles. The molecule has 2 atom stereocenters. The van der Waals surface area contributed by atoms with E-state index in [1.165, 1.54) is 0 Å². The van der Waals surface area contributed by atoms with Crippen molar-refractivity contribution in [1.82, 2.24) is 0 Å². The van der Waals surface area contributed by atoms with Crippen LogP contribution in [0.5, 0.6) is 0 Å². The number of hydrogen-bond donors (Lipinski definition) is 2. The maximum atomic E-state index is 10.6. The summed E-state index contributed by atoms with van der Waals surface area (Å²) in [6.07, 6.45) is 2.56. The Balaban J connectivity index is 4.16. The Morgan fingerprint density at radius 2 is 1.73 bits per heavy atom. The highest BCUT2D eigenvalue weighted by Crippen LogP contribution is 2.25. The lowest BCUT2D eigenvalue weighted by Gasteiger charge is -2.21. The fourth-order valence-corrected chi connectivity index (χ4v) is 1.81. The van der Waals surface area contributed by atoms with Crippen LogP contribution in [0.3, 0.4) is 0 Å². The molecule has 0 saturated heterocycles. The second-order valence-electron chi connectivity index (χ2n) is 4.06. The number of carbonyl (C=O) groups is 2. The van der Waals surface area contributed by atoms with Gasteiger partial charge in [-0.15, -0.1) is 0 Å². The standard InChI is InChI=1S/C11H20O4/c1-3-4-8(2)9(7-11(14)15)5-6-10(12)13/h8-9H,3-7H2,1-2H3,(H,12,13)(H,14,15). The molecule has 2 unspecified atom stereocenters. The van der Waals surface area contributed by atoms with Gasteiger partial charge in [-0.05, 0) is 18.3 Å². The van der Waals surface area contributed by atoms with Gasteiger partial charge in [0.05, 0.1) is 0 Å². The first-order valence-electron chi connectivity index (χ1n) is 5.41. The van der Waals surface area contributed by atoms with Gasteiger partial charge in [0.25, 0.3) is 0 Å². The topological polar surface area (TPSA) is 74.6 Å². The van der Waals surface area contributed by atoms with Crippen molar-refractivity contribution in [3.05, 3.63) is 0 Å². The summed E-state index contributed by atoms with van der Waals surface area (Å²) in [6.45, 7) is 4.05. The monoisotopic (exact) mass is 216 g/mol. The number of rotatable bonds is 8. The van der Waals surface area contributed by atoms with Crippen LogP contribution >= 0.6 is 0 Å². The van der Waals surface area contributed by atoms with Crippen LogP contribution < -0.4 is 0 Å². The number of aliphatic carboxylic acids is 2. The van der Waals surface area contributed by atoms with Crippen LogP contribution in [0.4, 0.5) is 0 Å². The molecule has 0 bridgehead atoms. The van der Waals surface area contributed by atoms with Crippen molar-refractivity contribution in [2.24, 2.45) is 11.8 Å². The fourth-order valence-electron chi connectivity index (χ4n) is 1.81. The fraction of sp³-hybridized carbons (Fsp3) is 0.818. The predicted molar refractivity (Wildman–Crippen MR) is 56.7 cm³/mol. The van der Waals surface area contributed by atoms with E-state index in [1.807, 2.05) is 13.8 Å². The quantitative estimate of drug-likeness (QED) is 0.653. The van der Waals surface area contributed by atoms with E-state index < -0.39 is 11.9 Å². The Kier molecular flexibility index (Phi) is 6.75. The number of carboxylic acids is 2. The van der Waals surface area contributed by atoms with Gasteiger partial charge < -0.3 is 10.2 Å². The summed E-state index contributed by atoms with van der Waals surface area (Å²) in [7, 11) is 0. The molecule has 0 aromatic carbocycles. The minimum Gasteiger partial charge on any atom is -0.481 e. The van der Waals surface area contributed by atoms with Crippen LogP contribution in [0.2, 0.25) is 0 Å². The molecule has 88 valence electrons. The van der Waals surface area contributed by atoms with Gasteiger partial charge in [0, 0.05) is 12.8 Å². The van der Waals surface area contributed by atoms with Crippen molar-refractivity contribution < 1.29 is 19.8 Å². The molecule has 0 aliphatic heterocycles. The third-order valence-corrected chi connectivity index (χ3v) is 2.71. The normalized spacial score (nSPS) is 14.5. The minimum atomic E-state index is -0.853. The Morgan fingerprint density at radius 3 is 2.13 bits per heavy atom. The Hall–Kier alpha value is -1.06. The van der Waals surface area contributed by atoms with E-state index in [0.29, 0.717) is 6.42 Å².